The van der Waals surface area contributed by atoms with Gasteiger partial charge in [0.2, 0.25) is 11.8 Å². The summed E-state index contributed by atoms with van der Waals surface area (Å²) in [6.07, 6.45) is 1.52. The summed E-state index contributed by atoms with van der Waals surface area (Å²) in [7, 11) is 1.49. The molecule has 6 heteroatoms. The zero-order valence-corrected chi connectivity index (χ0v) is 11.4. The Morgan fingerprint density at radius 3 is 2.39 bits per heavy atom. The number of methoxy groups -OCH3 is 1. The monoisotopic (exact) mass is 257 g/mol. The Morgan fingerprint density at radius 2 is 1.94 bits per heavy atom. The molecule has 2 amide bonds. The van der Waals surface area contributed by atoms with Crippen LogP contribution in [0.1, 0.15) is 26.7 Å². The number of amides is 2. The Kier molecular flexibility index (Phi) is 5.10. The molecule has 3 N–H and O–H groups in total. The number of ether oxygens (including phenoxy) is 1. The van der Waals surface area contributed by atoms with Gasteiger partial charge in [-0.1, -0.05) is 0 Å². The molecule has 0 aromatic rings. The lowest BCUT2D eigenvalue weighted by Gasteiger charge is -2.35. The number of carbonyl (C=O) groups is 2. The minimum absolute atomic E-state index is 0.0378. The van der Waals surface area contributed by atoms with Crippen LogP contribution in [0.15, 0.2) is 0 Å². The Bertz CT molecular complexity index is 304. The van der Waals surface area contributed by atoms with Crippen molar-refractivity contribution >= 4 is 11.8 Å². The van der Waals surface area contributed by atoms with Gasteiger partial charge in [0.05, 0.1) is 5.54 Å². The van der Waals surface area contributed by atoms with Crippen molar-refractivity contribution in [2.24, 2.45) is 5.73 Å². The average molecular weight is 257 g/mol. The maximum atomic E-state index is 11.9. The molecular weight excluding hydrogens is 234 g/mol. The van der Waals surface area contributed by atoms with E-state index in [9.17, 15) is 9.59 Å². The highest BCUT2D eigenvalue weighted by molar-refractivity contribution is 5.85. The minimum Gasteiger partial charge on any atom is -0.375 e. The lowest BCUT2D eigenvalue weighted by molar-refractivity contribution is -0.137. The predicted octanol–water partition coefficient (Wildman–Crippen LogP) is -0.523. The molecule has 0 radical (unpaired) electrons. The highest BCUT2D eigenvalue weighted by Gasteiger charge is 2.31. The summed E-state index contributed by atoms with van der Waals surface area (Å²) in [4.78, 5) is 25.1. The quantitative estimate of drug-likeness (QED) is 0.709. The van der Waals surface area contributed by atoms with E-state index in [1.807, 2.05) is 0 Å². The van der Waals surface area contributed by atoms with Crippen LogP contribution in [0.4, 0.5) is 0 Å². The van der Waals surface area contributed by atoms with E-state index >= 15 is 0 Å². The molecule has 1 saturated heterocycles. The third-order valence-electron chi connectivity index (χ3n) is 2.97. The first-order chi connectivity index (χ1) is 8.34. The highest BCUT2D eigenvalue weighted by Crippen LogP contribution is 2.14. The van der Waals surface area contributed by atoms with Crippen LogP contribution < -0.4 is 11.1 Å². The fraction of sp³-hybridized carbons (Fsp3) is 0.833. The molecule has 6 nitrogen and oxygen atoms in total. The predicted molar refractivity (Wildman–Crippen MR) is 67.9 cm³/mol. The van der Waals surface area contributed by atoms with Crippen LogP contribution in [-0.2, 0) is 14.3 Å². The number of rotatable bonds is 4. The van der Waals surface area contributed by atoms with Crippen molar-refractivity contribution in [1.29, 1.82) is 0 Å². The molecule has 0 aliphatic carbocycles. The Labute approximate surface area is 108 Å². The van der Waals surface area contributed by atoms with Gasteiger partial charge in [0.1, 0.15) is 6.61 Å². The van der Waals surface area contributed by atoms with E-state index in [2.05, 4.69) is 5.32 Å². The zero-order chi connectivity index (χ0) is 13.8. The topological polar surface area (TPSA) is 84.7 Å². The normalized spacial score (nSPS) is 17.7. The first-order valence-corrected chi connectivity index (χ1v) is 6.21. The molecule has 0 unspecified atom stereocenters. The van der Waals surface area contributed by atoms with E-state index in [1.54, 1.807) is 18.7 Å². The van der Waals surface area contributed by atoms with Crippen LogP contribution in [0.2, 0.25) is 0 Å². The number of nitrogens with zero attached hydrogens (tertiary/aromatic N) is 1. The lowest BCUT2D eigenvalue weighted by Crippen LogP contribution is -2.55. The molecule has 1 aliphatic heterocycles. The van der Waals surface area contributed by atoms with E-state index in [1.165, 1.54) is 7.11 Å². The van der Waals surface area contributed by atoms with Crippen molar-refractivity contribution in [2.75, 3.05) is 26.8 Å². The van der Waals surface area contributed by atoms with Crippen molar-refractivity contribution in [3.8, 4) is 0 Å². The van der Waals surface area contributed by atoms with Crippen LogP contribution in [0, 0.1) is 0 Å². The van der Waals surface area contributed by atoms with Crippen molar-refractivity contribution in [1.82, 2.24) is 10.2 Å². The molecule has 0 aromatic carbocycles. The van der Waals surface area contributed by atoms with Crippen molar-refractivity contribution in [2.45, 2.75) is 38.3 Å². The molecular formula is C12H23N3O3. The number of hydrogen-bond donors (Lipinski definition) is 2. The largest absolute Gasteiger partial charge is 0.375 e. The standard InChI is InChI=1S/C12H23N3O3/c1-12(2,13)11(17)15-6-4-9(5-7-15)14-10(16)8-18-3/h9H,4-8,13H2,1-3H3,(H,14,16). The van der Waals surface area contributed by atoms with Gasteiger partial charge in [0.25, 0.3) is 0 Å². The first kappa shape index (κ1) is 14.9. The molecule has 1 heterocycles. The van der Waals surface area contributed by atoms with Crippen LogP contribution in [0.3, 0.4) is 0 Å². The van der Waals surface area contributed by atoms with Crippen LogP contribution in [0.5, 0.6) is 0 Å². The van der Waals surface area contributed by atoms with Gasteiger partial charge in [-0.25, -0.2) is 0 Å². The van der Waals surface area contributed by atoms with E-state index in [-0.39, 0.29) is 24.5 Å². The van der Waals surface area contributed by atoms with Gasteiger partial charge in [-0.2, -0.15) is 0 Å². The van der Waals surface area contributed by atoms with E-state index in [0.717, 1.165) is 12.8 Å². The Balaban J connectivity index is 2.37. The van der Waals surface area contributed by atoms with Gasteiger partial charge in [0, 0.05) is 26.2 Å². The number of hydrogen-bond acceptors (Lipinski definition) is 4. The summed E-state index contributed by atoms with van der Waals surface area (Å²) in [5.74, 6) is -0.148. The molecule has 0 atom stereocenters. The summed E-state index contributed by atoms with van der Waals surface area (Å²) in [6, 6.07) is 0.123. The van der Waals surface area contributed by atoms with Crippen LogP contribution in [-0.4, -0.2) is 55.1 Å². The van der Waals surface area contributed by atoms with Gasteiger partial charge >= 0.3 is 0 Å². The van der Waals surface area contributed by atoms with Crippen LogP contribution >= 0.6 is 0 Å². The summed E-state index contributed by atoms with van der Waals surface area (Å²) in [6.45, 7) is 4.77. The summed E-state index contributed by atoms with van der Waals surface area (Å²) in [5.41, 5.74) is 4.96. The summed E-state index contributed by atoms with van der Waals surface area (Å²) < 4.78 is 4.76. The molecule has 0 aromatic heterocycles. The Hall–Kier alpha value is -1.14. The first-order valence-electron chi connectivity index (χ1n) is 6.21. The van der Waals surface area contributed by atoms with Gasteiger partial charge in [-0.05, 0) is 26.7 Å². The van der Waals surface area contributed by atoms with E-state index in [0.29, 0.717) is 13.1 Å². The highest BCUT2D eigenvalue weighted by atomic mass is 16.5. The smallest absolute Gasteiger partial charge is 0.246 e. The average Bonchev–Trinajstić information content (AvgIpc) is 2.28. The SMILES string of the molecule is COCC(=O)NC1CCN(C(=O)C(C)(C)N)CC1. The second-order valence-electron chi connectivity index (χ2n) is 5.29. The van der Waals surface area contributed by atoms with E-state index < -0.39 is 5.54 Å². The van der Waals surface area contributed by atoms with Crippen molar-refractivity contribution < 1.29 is 14.3 Å². The van der Waals surface area contributed by atoms with Gasteiger partial charge in [0.15, 0.2) is 0 Å². The third kappa shape index (κ3) is 4.27. The number of piperidine rings is 1. The maximum absolute atomic E-state index is 11.9. The number of likely N-dealkylation sites (tertiary alicyclic amines) is 1. The molecule has 104 valence electrons. The third-order valence-corrected chi connectivity index (χ3v) is 2.97. The van der Waals surface area contributed by atoms with Gasteiger partial charge < -0.3 is 20.7 Å². The number of nitrogens with two attached hydrogens (primary N) is 1. The van der Waals surface area contributed by atoms with Gasteiger partial charge in [-0.15, -0.1) is 0 Å². The molecule has 1 rings (SSSR count). The summed E-state index contributed by atoms with van der Waals surface area (Å²) in [5, 5.41) is 2.88. The van der Waals surface area contributed by atoms with Crippen LogP contribution in [0.25, 0.3) is 0 Å². The molecule has 18 heavy (non-hydrogen) atoms. The molecule has 0 saturated carbocycles. The second kappa shape index (κ2) is 6.15. The van der Waals surface area contributed by atoms with Gasteiger partial charge in [-0.3, -0.25) is 9.59 Å². The van der Waals surface area contributed by atoms with Crippen molar-refractivity contribution in [3.05, 3.63) is 0 Å². The Morgan fingerprint density at radius 1 is 1.39 bits per heavy atom. The maximum Gasteiger partial charge on any atom is 0.246 e. The molecule has 0 bridgehead atoms. The fourth-order valence-electron chi connectivity index (χ4n) is 2.03. The minimum atomic E-state index is -0.827. The zero-order valence-electron chi connectivity index (χ0n) is 11.4. The molecule has 0 spiro atoms. The molecule has 1 aliphatic rings. The summed E-state index contributed by atoms with van der Waals surface area (Å²) >= 11 is 0. The fourth-order valence-corrected chi connectivity index (χ4v) is 2.03. The number of nitrogens with one attached hydrogen (secondary N) is 1. The molecule has 1 fully saturated rings. The number of carbonyl (C=O) groups excluding carboxylic acids is 2. The van der Waals surface area contributed by atoms with Crippen molar-refractivity contribution in [3.63, 3.8) is 0 Å². The second-order valence-corrected chi connectivity index (χ2v) is 5.29. The van der Waals surface area contributed by atoms with E-state index in [4.69, 9.17) is 10.5 Å². The lowest BCUT2D eigenvalue weighted by atomic mass is 10.00.